The van der Waals surface area contributed by atoms with Gasteiger partial charge in [0.1, 0.15) is 5.52 Å². The van der Waals surface area contributed by atoms with E-state index in [0.717, 1.165) is 33.2 Å². The van der Waals surface area contributed by atoms with Gasteiger partial charge in [-0.15, -0.1) is 0 Å². The van der Waals surface area contributed by atoms with Gasteiger partial charge in [-0.25, -0.2) is 4.98 Å². The highest BCUT2D eigenvalue weighted by Gasteiger charge is 2.12. The molecule has 0 aliphatic carbocycles. The minimum Gasteiger partial charge on any atom is -0.504 e. The maximum Gasteiger partial charge on any atom is 0.227 e. The molecule has 1 N–H and O–H groups in total. The number of rotatable bonds is 7. The number of ether oxygens (including phenoxy) is 1. The Balaban J connectivity index is 1.63. The largest absolute Gasteiger partial charge is 0.504 e. The van der Waals surface area contributed by atoms with Crippen molar-refractivity contribution < 1.29 is 14.3 Å². The van der Waals surface area contributed by atoms with E-state index < -0.39 is 0 Å². The Bertz CT molecular complexity index is 1280. The molecule has 32 heavy (non-hydrogen) atoms. The number of benzene rings is 3. The van der Waals surface area contributed by atoms with Gasteiger partial charge in [-0.3, -0.25) is 4.99 Å². The van der Waals surface area contributed by atoms with Gasteiger partial charge >= 0.3 is 0 Å². The molecule has 164 valence electrons. The predicted molar refractivity (Wildman–Crippen MR) is 132 cm³/mol. The maximum absolute atomic E-state index is 10.5. The molecule has 0 spiro atoms. The molecule has 6 heteroatoms. The molecular weight excluding hydrogens is 468 g/mol. The molecule has 0 bridgehead atoms. The number of nitrogens with zero attached hydrogens (tertiary/aromatic N) is 2. The van der Waals surface area contributed by atoms with Crippen LogP contribution in [-0.4, -0.2) is 22.9 Å². The van der Waals surface area contributed by atoms with Gasteiger partial charge in [0.25, 0.3) is 0 Å². The highest BCUT2D eigenvalue weighted by Crippen LogP contribution is 2.34. The third-order valence-corrected chi connectivity index (χ3v) is 5.87. The average Bonchev–Trinajstić information content (AvgIpc) is 3.23. The first-order valence-electron chi connectivity index (χ1n) is 10.7. The fraction of sp³-hybridized carbons (Fsp3) is 0.231. The predicted octanol–water partition coefficient (Wildman–Crippen LogP) is 7.63. The first-order valence-corrected chi connectivity index (χ1v) is 11.5. The lowest BCUT2D eigenvalue weighted by Gasteiger charge is -2.08. The van der Waals surface area contributed by atoms with Crippen molar-refractivity contribution >= 4 is 38.9 Å². The zero-order valence-corrected chi connectivity index (χ0v) is 19.9. The summed E-state index contributed by atoms with van der Waals surface area (Å²) in [6.07, 6.45) is 2.70. The first kappa shape index (κ1) is 22.1. The maximum atomic E-state index is 10.5. The van der Waals surface area contributed by atoms with Gasteiger partial charge in [0, 0.05) is 21.8 Å². The Labute approximate surface area is 195 Å². The quantitative estimate of drug-likeness (QED) is 0.269. The molecule has 1 heterocycles. The molecule has 0 unspecified atom stereocenters. The summed E-state index contributed by atoms with van der Waals surface area (Å²) >= 11 is 3.45. The van der Waals surface area contributed by atoms with Crippen LogP contribution < -0.4 is 4.74 Å². The molecule has 5 nitrogen and oxygen atoms in total. The lowest BCUT2D eigenvalue weighted by atomic mass is 9.98. The topological polar surface area (TPSA) is 67.9 Å². The molecule has 0 fully saturated rings. The van der Waals surface area contributed by atoms with Crippen LogP contribution in [0.5, 0.6) is 11.5 Å². The van der Waals surface area contributed by atoms with Crippen LogP contribution in [-0.2, 0) is 0 Å². The summed E-state index contributed by atoms with van der Waals surface area (Å²) in [5, 5.41) is 10.5. The zero-order chi connectivity index (χ0) is 22.7. The van der Waals surface area contributed by atoms with Gasteiger partial charge in [0.2, 0.25) is 5.89 Å². The van der Waals surface area contributed by atoms with Gasteiger partial charge in [-0.2, -0.15) is 0 Å². The lowest BCUT2D eigenvalue weighted by Crippen LogP contribution is -1.94. The van der Waals surface area contributed by atoms with Crippen LogP contribution in [0.15, 0.2) is 68.5 Å². The van der Waals surface area contributed by atoms with Crippen molar-refractivity contribution in [2.45, 2.75) is 33.1 Å². The van der Waals surface area contributed by atoms with Crippen LogP contribution in [0.1, 0.15) is 44.2 Å². The van der Waals surface area contributed by atoms with Crippen LogP contribution in [0.25, 0.3) is 22.6 Å². The van der Waals surface area contributed by atoms with Gasteiger partial charge in [0.15, 0.2) is 17.1 Å². The summed E-state index contributed by atoms with van der Waals surface area (Å²) in [4.78, 5) is 9.23. The van der Waals surface area contributed by atoms with Crippen LogP contribution in [0.4, 0.5) is 5.69 Å². The number of fused-ring (bicyclic) bond motifs is 1. The minimum atomic E-state index is 0.0611. The Morgan fingerprint density at radius 3 is 2.78 bits per heavy atom. The number of aliphatic imine (C=N–C) groups is 1. The van der Waals surface area contributed by atoms with Gasteiger partial charge < -0.3 is 14.3 Å². The number of oxazole rings is 1. The third-order valence-electron chi connectivity index (χ3n) is 5.41. The molecule has 0 saturated carbocycles. The summed E-state index contributed by atoms with van der Waals surface area (Å²) in [6.45, 7) is 6.73. The second-order valence-electron chi connectivity index (χ2n) is 7.64. The Morgan fingerprint density at radius 2 is 2.00 bits per heavy atom. The van der Waals surface area contributed by atoms with Crippen LogP contribution >= 0.6 is 15.9 Å². The summed E-state index contributed by atoms with van der Waals surface area (Å²) in [7, 11) is 0. The lowest BCUT2D eigenvalue weighted by molar-refractivity contribution is 0.317. The highest BCUT2D eigenvalue weighted by atomic mass is 79.9. The SMILES string of the molecule is CCOc1cc(Br)cc(C=Nc2cccc(-c3nc4cc([C@@H](C)CC)ccc4o3)c2)c1O. The molecule has 4 rings (SSSR count). The van der Waals surface area contributed by atoms with E-state index in [1.54, 1.807) is 18.3 Å². The van der Waals surface area contributed by atoms with E-state index in [9.17, 15) is 5.11 Å². The summed E-state index contributed by atoms with van der Waals surface area (Å²) < 4.78 is 12.3. The zero-order valence-electron chi connectivity index (χ0n) is 18.3. The van der Waals surface area contributed by atoms with Crippen molar-refractivity contribution in [3.05, 3.63) is 70.2 Å². The molecule has 3 aromatic carbocycles. The fourth-order valence-corrected chi connectivity index (χ4v) is 3.89. The number of phenolic OH excluding ortho intramolecular Hbond substituents is 1. The van der Waals surface area contributed by atoms with Crippen molar-refractivity contribution in [1.29, 1.82) is 0 Å². The van der Waals surface area contributed by atoms with E-state index in [1.807, 2.05) is 37.3 Å². The summed E-state index contributed by atoms with van der Waals surface area (Å²) in [5.41, 5.74) is 5.01. The molecular formula is C26H25BrN2O3. The van der Waals surface area contributed by atoms with E-state index in [2.05, 4.69) is 46.9 Å². The molecule has 0 aliphatic heterocycles. The Morgan fingerprint density at radius 1 is 1.16 bits per heavy atom. The van der Waals surface area contributed by atoms with Gasteiger partial charge in [-0.05, 0) is 67.3 Å². The normalized spacial score (nSPS) is 12.5. The van der Waals surface area contributed by atoms with E-state index >= 15 is 0 Å². The van der Waals surface area contributed by atoms with E-state index in [0.29, 0.717) is 29.7 Å². The summed E-state index contributed by atoms with van der Waals surface area (Å²) in [6, 6.07) is 17.4. The van der Waals surface area contributed by atoms with Crippen LogP contribution in [0, 0.1) is 0 Å². The highest BCUT2D eigenvalue weighted by molar-refractivity contribution is 9.10. The van der Waals surface area contributed by atoms with Gasteiger partial charge in [-0.1, -0.05) is 41.9 Å². The number of aromatic hydroxyl groups is 1. The van der Waals surface area contributed by atoms with Crippen LogP contribution in [0.3, 0.4) is 0 Å². The second kappa shape index (κ2) is 9.57. The van der Waals surface area contributed by atoms with E-state index in [1.165, 1.54) is 5.56 Å². The number of aromatic nitrogens is 1. The molecule has 0 aliphatic rings. The van der Waals surface area contributed by atoms with E-state index in [-0.39, 0.29) is 5.75 Å². The standard InChI is InChI=1S/C26H25BrN2O3/c1-4-16(3)17-9-10-23-22(13-17)29-26(32-23)18-7-6-8-21(12-18)28-15-19-11-20(27)14-24(25(19)30)31-5-2/h6-16,30H,4-5H2,1-3H3/t16-/m0/s1. The first-order chi connectivity index (χ1) is 15.5. The van der Waals surface area contributed by atoms with Crippen molar-refractivity contribution in [1.82, 2.24) is 4.98 Å². The monoisotopic (exact) mass is 492 g/mol. The van der Waals surface area contributed by atoms with Crippen molar-refractivity contribution in [3.8, 4) is 23.0 Å². The molecule has 0 saturated heterocycles. The number of halogens is 1. The van der Waals surface area contributed by atoms with Crippen molar-refractivity contribution in [2.24, 2.45) is 4.99 Å². The Kier molecular flexibility index (Phi) is 6.61. The van der Waals surface area contributed by atoms with Crippen molar-refractivity contribution in [2.75, 3.05) is 6.61 Å². The molecule has 4 aromatic rings. The van der Waals surface area contributed by atoms with Crippen molar-refractivity contribution in [3.63, 3.8) is 0 Å². The second-order valence-corrected chi connectivity index (χ2v) is 8.55. The van der Waals surface area contributed by atoms with Crippen LogP contribution in [0.2, 0.25) is 0 Å². The molecule has 0 radical (unpaired) electrons. The number of hydrogen-bond acceptors (Lipinski definition) is 5. The smallest absolute Gasteiger partial charge is 0.227 e. The average molecular weight is 493 g/mol. The third kappa shape index (κ3) is 4.70. The number of hydrogen-bond donors (Lipinski definition) is 1. The summed E-state index contributed by atoms with van der Waals surface area (Å²) in [5.74, 6) is 1.52. The molecule has 1 aromatic heterocycles. The minimum absolute atomic E-state index is 0.0611. The van der Waals surface area contributed by atoms with Gasteiger partial charge in [0.05, 0.1) is 12.3 Å². The molecule has 0 amide bonds. The van der Waals surface area contributed by atoms with E-state index in [4.69, 9.17) is 14.1 Å². The molecule has 1 atom stereocenters. The fourth-order valence-electron chi connectivity index (χ4n) is 3.43. The number of phenols is 1. The Hall–Kier alpha value is -3.12.